The predicted octanol–water partition coefficient (Wildman–Crippen LogP) is 1.97. The summed E-state index contributed by atoms with van der Waals surface area (Å²) in [6, 6.07) is 0. The van der Waals surface area contributed by atoms with E-state index in [2.05, 4.69) is 0 Å². The molecule has 0 N–H and O–H groups in total. The van der Waals surface area contributed by atoms with Crippen molar-refractivity contribution in [2.24, 2.45) is 0 Å². The van der Waals surface area contributed by atoms with E-state index >= 15 is 0 Å². The smallest absolute Gasteiger partial charge is 0.179 e. The summed E-state index contributed by atoms with van der Waals surface area (Å²) in [5, 5.41) is 0. The largest absolute Gasteiger partial charge is 0.369 e. The number of sulfone groups is 1. The Labute approximate surface area is 81.4 Å². The van der Waals surface area contributed by atoms with Crippen LogP contribution in [-0.4, -0.2) is 26.2 Å². The van der Waals surface area contributed by atoms with Crippen molar-refractivity contribution < 1.29 is 13.2 Å². The maximum atomic E-state index is 11.7. The van der Waals surface area contributed by atoms with Crippen LogP contribution in [-0.2, 0) is 14.6 Å². The van der Waals surface area contributed by atoms with E-state index in [1.807, 2.05) is 13.8 Å². The van der Waals surface area contributed by atoms with Crippen molar-refractivity contribution in [3.05, 3.63) is 0 Å². The zero-order valence-corrected chi connectivity index (χ0v) is 9.78. The van der Waals surface area contributed by atoms with Crippen LogP contribution in [0.3, 0.4) is 0 Å². The number of methoxy groups -OCH3 is 1. The van der Waals surface area contributed by atoms with Gasteiger partial charge in [-0.05, 0) is 19.8 Å². The van der Waals surface area contributed by atoms with E-state index in [1.165, 1.54) is 7.11 Å². The molecule has 0 rings (SSSR count). The van der Waals surface area contributed by atoms with E-state index in [4.69, 9.17) is 4.74 Å². The van der Waals surface area contributed by atoms with Gasteiger partial charge in [-0.3, -0.25) is 0 Å². The molecule has 0 radical (unpaired) electrons. The highest BCUT2D eigenvalue weighted by Crippen LogP contribution is 2.27. The molecule has 0 aromatic heterocycles. The molecule has 3 nitrogen and oxygen atoms in total. The molecule has 0 bridgehead atoms. The number of hydrogen-bond acceptors (Lipinski definition) is 3. The van der Waals surface area contributed by atoms with Crippen molar-refractivity contribution in [1.29, 1.82) is 0 Å². The minimum atomic E-state index is -3.11. The lowest BCUT2D eigenvalue weighted by Crippen LogP contribution is -2.36. The third-order valence-electron chi connectivity index (χ3n) is 2.55. The van der Waals surface area contributed by atoms with Gasteiger partial charge in [-0.15, -0.1) is 0 Å². The molecule has 0 fully saturated rings. The van der Waals surface area contributed by atoms with Gasteiger partial charge in [-0.25, -0.2) is 8.42 Å². The fourth-order valence-corrected chi connectivity index (χ4v) is 2.93. The summed E-state index contributed by atoms with van der Waals surface area (Å²) in [5.74, 6) is -0.169. The van der Waals surface area contributed by atoms with Gasteiger partial charge in [0.15, 0.2) is 9.84 Å². The van der Waals surface area contributed by atoms with E-state index in [9.17, 15) is 8.42 Å². The van der Waals surface area contributed by atoms with E-state index in [-0.39, 0.29) is 5.94 Å². The molecule has 0 aromatic rings. The Balaban J connectivity index is 4.73. The Bertz CT molecular complexity index is 233. The first-order chi connectivity index (χ1) is 5.93. The minimum absolute atomic E-state index is 0.169. The van der Waals surface area contributed by atoms with Crippen LogP contribution >= 0.6 is 0 Å². The van der Waals surface area contributed by atoms with Gasteiger partial charge in [0.1, 0.15) is 5.94 Å². The van der Waals surface area contributed by atoms with Crippen LogP contribution < -0.4 is 0 Å². The summed E-state index contributed by atoms with van der Waals surface area (Å²) in [6.45, 7) is 5.70. The lowest BCUT2D eigenvalue weighted by molar-refractivity contribution is 0.245. The molecule has 13 heavy (non-hydrogen) atoms. The fraction of sp³-hybridized carbons (Fsp3) is 1.00. The third-order valence-corrected chi connectivity index (χ3v) is 5.09. The van der Waals surface area contributed by atoms with E-state index in [0.717, 1.165) is 6.42 Å². The van der Waals surface area contributed by atoms with Crippen molar-refractivity contribution in [2.75, 3.05) is 13.0 Å². The summed E-state index contributed by atoms with van der Waals surface area (Å²) in [4.78, 5) is 0. The first-order valence-electron chi connectivity index (χ1n) is 4.64. The van der Waals surface area contributed by atoms with E-state index in [1.54, 1.807) is 6.92 Å². The molecule has 0 amide bonds. The maximum Gasteiger partial charge on any atom is 0.179 e. The van der Waals surface area contributed by atoms with Gasteiger partial charge >= 0.3 is 0 Å². The fourth-order valence-electron chi connectivity index (χ4n) is 1.38. The zero-order chi connectivity index (χ0) is 10.5. The number of hydrogen-bond donors (Lipinski definition) is 0. The zero-order valence-electron chi connectivity index (χ0n) is 8.96. The van der Waals surface area contributed by atoms with Crippen LogP contribution in [0, 0.1) is 0 Å². The highest BCUT2D eigenvalue weighted by molar-refractivity contribution is 7.92. The molecule has 4 heteroatoms. The first kappa shape index (κ1) is 12.9. The van der Waals surface area contributed by atoms with Crippen LogP contribution in [0.4, 0.5) is 0 Å². The van der Waals surface area contributed by atoms with E-state index < -0.39 is 14.6 Å². The van der Waals surface area contributed by atoms with Gasteiger partial charge in [0, 0.05) is 7.11 Å². The second-order valence-corrected chi connectivity index (χ2v) is 6.03. The molecule has 0 aliphatic carbocycles. The highest BCUT2D eigenvalue weighted by Gasteiger charge is 2.36. The molecule has 0 aliphatic rings. The Morgan fingerprint density at radius 3 is 2.15 bits per heavy atom. The van der Waals surface area contributed by atoms with Crippen LogP contribution in [0.2, 0.25) is 0 Å². The lowest BCUT2D eigenvalue weighted by atomic mass is 10.0. The van der Waals surface area contributed by atoms with Gasteiger partial charge in [-0.1, -0.05) is 20.3 Å². The van der Waals surface area contributed by atoms with Crippen molar-refractivity contribution in [3.63, 3.8) is 0 Å². The van der Waals surface area contributed by atoms with E-state index in [0.29, 0.717) is 12.8 Å². The maximum absolute atomic E-state index is 11.7. The average molecular weight is 208 g/mol. The Kier molecular flexibility index (Phi) is 4.92. The summed E-state index contributed by atoms with van der Waals surface area (Å²) < 4.78 is 27.6. The standard InChI is InChI=1S/C9H20O3S/c1-5-7-9(3,6-2)13(10,11)8-12-4/h5-8H2,1-4H3. The molecule has 1 atom stereocenters. The summed E-state index contributed by atoms with van der Waals surface area (Å²) in [5.41, 5.74) is 0. The molecule has 80 valence electrons. The topological polar surface area (TPSA) is 43.4 Å². The Morgan fingerprint density at radius 2 is 1.85 bits per heavy atom. The molecule has 0 aliphatic heterocycles. The monoisotopic (exact) mass is 208 g/mol. The summed E-state index contributed by atoms with van der Waals surface area (Å²) in [6.07, 6.45) is 2.23. The molecule has 0 saturated heterocycles. The molecule has 0 saturated carbocycles. The minimum Gasteiger partial charge on any atom is -0.369 e. The molecule has 0 aromatic carbocycles. The quantitative estimate of drug-likeness (QED) is 0.670. The number of rotatable bonds is 6. The predicted molar refractivity (Wildman–Crippen MR) is 54.4 cm³/mol. The Hall–Kier alpha value is -0.0900. The second-order valence-electron chi connectivity index (χ2n) is 3.57. The molecular weight excluding hydrogens is 188 g/mol. The van der Waals surface area contributed by atoms with Crippen LogP contribution in [0.15, 0.2) is 0 Å². The van der Waals surface area contributed by atoms with Crippen molar-refractivity contribution in [2.45, 2.75) is 44.8 Å². The molecule has 0 heterocycles. The van der Waals surface area contributed by atoms with Gasteiger partial charge < -0.3 is 4.74 Å². The van der Waals surface area contributed by atoms with Gasteiger partial charge in [0.05, 0.1) is 4.75 Å². The first-order valence-corrected chi connectivity index (χ1v) is 6.30. The van der Waals surface area contributed by atoms with Gasteiger partial charge in [-0.2, -0.15) is 0 Å². The second kappa shape index (κ2) is 4.96. The highest BCUT2D eigenvalue weighted by atomic mass is 32.2. The summed E-state index contributed by atoms with van der Waals surface area (Å²) >= 11 is 0. The van der Waals surface area contributed by atoms with Gasteiger partial charge in [0.2, 0.25) is 0 Å². The SMILES string of the molecule is CCCC(C)(CC)S(=O)(=O)COC. The average Bonchev–Trinajstić information content (AvgIpc) is 2.04. The third kappa shape index (κ3) is 2.95. The summed E-state index contributed by atoms with van der Waals surface area (Å²) in [7, 11) is -1.69. The number of ether oxygens (including phenoxy) is 1. The van der Waals surface area contributed by atoms with Crippen LogP contribution in [0.1, 0.15) is 40.0 Å². The lowest BCUT2D eigenvalue weighted by Gasteiger charge is -2.27. The van der Waals surface area contributed by atoms with Crippen molar-refractivity contribution in [1.82, 2.24) is 0 Å². The Morgan fingerprint density at radius 1 is 1.31 bits per heavy atom. The normalized spacial score (nSPS) is 16.9. The van der Waals surface area contributed by atoms with Crippen molar-refractivity contribution >= 4 is 9.84 Å². The van der Waals surface area contributed by atoms with Crippen LogP contribution in [0.5, 0.6) is 0 Å². The molecular formula is C9H20O3S. The van der Waals surface area contributed by atoms with Crippen LogP contribution in [0.25, 0.3) is 0 Å². The molecule has 1 unspecified atom stereocenters. The molecule has 0 spiro atoms. The van der Waals surface area contributed by atoms with Crippen molar-refractivity contribution in [3.8, 4) is 0 Å². The van der Waals surface area contributed by atoms with Gasteiger partial charge in [0.25, 0.3) is 0 Å².